The molecule has 0 saturated carbocycles. The molecule has 154 valence electrons. The van der Waals surface area contributed by atoms with Crippen LogP contribution < -0.4 is 9.64 Å². The van der Waals surface area contributed by atoms with Gasteiger partial charge in [-0.25, -0.2) is 0 Å². The molecule has 0 fully saturated rings. The Morgan fingerprint density at radius 2 is 1.83 bits per heavy atom. The van der Waals surface area contributed by atoms with E-state index in [9.17, 15) is 4.79 Å². The SMILES string of the molecule is CCSc1nnc2c(n1)O[C@@H](c1ccc(CC)cc1)N(C(=O)CC)c1ccccc1-2. The molecule has 7 heteroatoms. The summed E-state index contributed by atoms with van der Waals surface area (Å²) in [5.41, 5.74) is 4.20. The molecule has 3 aromatic rings. The Bertz CT molecular complexity index is 1060. The maximum absolute atomic E-state index is 13.1. The molecule has 0 aliphatic carbocycles. The average Bonchev–Trinajstić information content (AvgIpc) is 2.93. The van der Waals surface area contributed by atoms with Crippen LogP contribution in [-0.4, -0.2) is 26.8 Å². The third-order valence-electron chi connectivity index (χ3n) is 5.03. The second kappa shape index (κ2) is 8.83. The van der Waals surface area contributed by atoms with E-state index in [0.29, 0.717) is 23.2 Å². The first-order valence-electron chi connectivity index (χ1n) is 10.2. The summed E-state index contributed by atoms with van der Waals surface area (Å²) in [5.74, 6) is 1.19. The Balaban J connectivity index is 1.92. The van der Waals surface area contributed by atoms with Gasteiger partial charge in [0.2, 0.25) is 23.2 Å². The topological polar surface area (TPSA) is 68.2 Å². The molecule has 0 radical (unpaired) electrons. The molecular formula is C23H24N4O2S. The fourth-order valence-electron chi connectivity index (χ4n) is 3.48. The van der Waals surface area contributed by atoms with Crippen LogP contribution in [0.25, 0.3) is 11.3 Å². The van der Waals surface area contributed by atoms with Crippen molar-refractivity contribution in [2.24, 2.45) is 0 Å². The quantitative estimate of drug-likeness (QED) is 0.538. The summed E-state index contributed by atoms with van der Waals surface area (Å²) in [7, 11) is 0. The Labute approximate surface area is 180 Å². The molecule has 1 aliphatic rings. The molecule has 0 bridgehead atoms. The summed E-state index contributed by atoms with van der Waals surface area (Å²) >= 11 is 1.50. The van der Waals surface area contributed by atoms with Gasteiger partial charge in [0.05, 0.1) is 5.69 Å². The number of carbonyl (C=O) groups excluding carboxylic acids is 1. The molecule has 30 heavy (non-hydrogen) atoms. The van der Waals surface area contributed by atoms with Gasteiger partial charge in [0, 0.05) is 17.5 Å². The standard InChI is InChI=1S/C23H24N4O2S/c1-4-15-11-13-16(14-12-15)22-27(19(28)5-2)18-10-8-7-9-17(18)20-21(29-22)24-23(26-25-20)30-6-3/h7-14,22H,4-6H2,1-3H3/t22-/m0/s1. The van der Waals surface area contributed by atoms with Gasteiger partial charge < -0.3 is 4.74 Å². The van der Waals surface area contributed by atoms with E-state index in [0.717, 1.165) is 29.0 Å². The number of amides is 1. The third kappa shape index (κ3) is 3.77. The molecule has 0 spiro atoms. The summed E-state index contributed by atoms with van der Waals surface area (Å²) in [6.07, 6.45) is 0.666. The Morgan fingerprint density at radius 1 is 1.07 bits per heavy atom. The van der Waals surface area contributed by atoms with Crippen LogP contribution >= 0.6 is 11.8 Å². The summed E-state index contributed by atoms with van der Waals surface area (Å²) in [5, 5.41) is 9.23. The zero-order chi connectivity index (χ0) is 21.1. The normalized spacial score (nSPS) is 15.0. The minimum absolute atomic E-state index is 0.0315. The van der Waals surface area contributed by atoms with Gasteiger partial charge in [-0.2, -0.15) is 4.98 Å². The maximum atomic E-state index is 13.1. The van der Waals surface area contributed by atoms with Crippen molar-refractivity contribution in [1.82, 2.24) is 15.2 Å². The molecule has 1 aliphatic heterocycles. The number of benzene rings is 2. The zero-order valence-corrected chi connectivity index (χ0v) is 18.1. The first kappa shape index (κ1) is 20.3. The van der Waals surface area contributed by atoms with Crippen molar-refractivity contribution >= 4 is 23.4 Å². The van der Waals surface area contributed by atoms with Gasteiger partial charge in [-0.1, -0.05) is 75.0 Å². The van der Waals surface area contributed by atoms with E-state index in [2.05, 4.69) is 34.2 Å². The number of para-hydroxylation sites is 1. The minimum Gasteiger partial charge on any atom is -0.447 e. The van der Waals surface area contributed by atoms with E-state index in [1.807, 2.05) is 50.2 Å². The second-order valence-corrected chi connectivity index (χ2v) is 8.11. The molecule has 4 rings (SSSR count). The van der Waals surface area contributed by atoms with Gasteiger partial charge >= 0.3 is 0 Å². The van der Waals surface area contributed by atoms with E-state index in [4.69, 9.17) is 4.74 Å². The van der Waals surface area contributed by atoms with E-state index < -0.39 is 6.23 Å². The number of anilines is 1. The molecule has 1 atom stereocenters. The smallest absolute Gasteiger partial charge is 0.247 e. The fraction of sp³-hybridized carbons (Fsp3) is 0.304. The van der Waals surface area contributed by atoms with Crippen LogP contribution in [0.2, 0.25) is 0 Å². The van der Waals surface area contributed by atoms with Crippen LogP contribution in [-0.2, 0) is 11.2 Å². The maximum Gasteiger partial charge on any atom is 0.247 e. The number of ether oxygens (including phenoxy) is 1. The molecule has 1 aromatic heterocycles. The summed E-state index contributed by atoms with van der Waals surface area (Å²) in [6.45, 7) is 6.01. The van der Waals surface area contributed by atoms with Gasteiger partial charge in [0.1, 0.15) is 0 Å². The van der Waals surface area contributed by atoms with Crippen LogP contribution in [0.1, 0.15) is 44.5 Å². The number of thioether (sulfide) groups is 1. The predicted octanol–water partition coefficient (Wildman–Crippen LogP) is 5.05. The molecule has 2 heterocycles. The molecule has 0 N–H and O–H groups in total. The van der Waals surface area contributed by atoms with Crippen LogP contribution in [0, 0.1) is 0 Å². The van der Waals surface area contributed by atoms with E-state index >= 15 is 0 Å². The largest absolute Gasteiger partial charge is 0.447 e. The van der Waals surface area contributed by atoms with E-state index in [1.54, 1.807) is 4.90 Å². The summed E-state index contributed by atoms with van der Waals surface area (Å²) < 4.78 is 6.40. The van der Waals surface area contributed by atoms with Crippen molar-refractivity contribution in [2.75, 3.05) is 10.7 Å². The molecule has 0 saturated heterocycles. The van der Waals surface area contributed by atoms with E-state index in [-0.39, 0.29) is 5.91 Å². The first-order chi connectivity index (χ1) is 14.7. The van der Waals surface area contributed by atoms with Crippen molar-refractivity contribution in [2.45, 2.75) is 45.0 Å². The monoisotopic (exact) mass is 420 g/mol. The Hall–Kier alpha value is -2.93. The highest BCUT2D eigenvalue weighted by Gasteiger charge is 2.35. The minimum atomic E-state index is -0.637. The highest BCUT2D eigenvalue weighted by atomic mass is 32.2. The Kier molecular flexibility index (Phi) is 5.99. The lowest BCUT2D eigenvalue weighted by molar-refractivity contribution is -0.120. The fourth-order valence-corrected chi connectivity index (χ4v) is 3.98. The van der Waals surface area contributed by atoms with Crippen LogP contribution in [0.15, 0.2) is 53.7 Å². The Morgan fingerprint density at radius 3 is 2.53 bits per heavy atom. The molecule has 6 nitrogen and oxygen atoms in total. The number of rotatable bonds is 5. The number of hydrogen-bond donors (Lipinski definition) is 0. The molecule has 0 unspecified atom stereocenters. The van der Waals surface area contributed by atoms with Crippen molar-refractivity contribution in [3.63, 3.8) is 0 Å². The lowest BCUT2D eigenvalue weighted by Gasteiger charge is -2.30. The number of fused-ring (bicyclic) bond motifs is 3. The number of aryl methyl sites for hydroxylation is 1. The number of aromatic nitrogens is 3. The lowest BCUT2D eigenvalue weighted by atomic mass is 10.1. The van der Waals surface area contributed by atoms with Gasteiger partial charge in [-0.3, -0.25) is 9.69 Å². The number of nitrogens with zero attached hydrogens (tertiary/aromatic N) is 4. The zero-order valence-electron chi connectivity index (χ0n) is 17.3. The van der Waals surface area contributed by atoms with Crippen molar-refractivity contribution in [3.05, 3.63) is 59.7 Å². The highest BCUT2D eigenvalue weighted by molar-refractivity contribution is 7.99. The lowest BCUT2D eigenvalue weighted by Crippen LogP contribution is -2.37. The van der Waals surface area contributed by atoms with E-state index in [1.165, 1.54) is 17.3 Å². The van der Waals surface area contributed by atoms with Crippen LogP contribution in [0.3, 0.4) is 0 Å². The van der Waals surface area contributed by atoms with Crippen LogP contribution in [0.5, 0.6) is 5.88 Å². The van der Waals surface area contributed by atoms with Gasteiger partial charge in [-0.15, -0.1) is 10.2 Å². The van der Waals surface area contributed by atoms with Crippen LogP contribution in [0.4, 0.5) is 5.69 Å². The molecule has 1 amide bonds. The second-order valence-electron chi connectivity index (χ2n) is 6.88. The number of carbonyl (C=O) groups is 1. The average molecular weight is 421 g/mol. The van der Waals surface area contributed by atoms with Gasteiger partial charge in [0.25, 0.3) is 0 Å². The predicted molar refractivity (Wildman–Crippen MR) is 119 cm³/mol. The summed E-state index contributed by atoms with van der Waals surface area (Å²) in [6, 6.07) is 15.9. The van der Waals surface area contributed by atoms with Crippen molar-refractivity contribution in [1.29, 1.82) is 0 Å². The van der Waals surface area contributed by atoms with Gasteiger partial charge in [0.15, 0.2) is 5.69 Å². The van der Waals surface area contributed by atoms with Crippen molar-refractivity contribution in [3.8, 4) is 17.1 Å². The molecule has 2 aromatic carbocycles. The third-order valence-corrected chi connectivity index (χ3v) is 5.75. The highest BCUT2D eigenvalue weighted by Crippen LogP contribution is 2.43. The molecular weight excluding hydrogens is 396 g/mol. The summed E-state index contributed by atoms with van der Waals surface area (Å²) in [4.78, 5) is 19.4. The first-order valence-corrected chi connectivity index (χ1v) is 11.2. The number of hydrogen-bond acceptors (Lipinski definition) is 6. The van der Waals surface area contributed by atoms with Gasteiger partial charge in [-0.05, 0) is 23.8 Å². The van der Waals surface area contributed by atoms with Crippen molar-refractivity contribution < 1.29 is 9.53 Å².